The van der Waals surface area contributed by atoms with Crippen LogP contribution in [0.5, 0.6) is 0 Å². The fourth-order valence-corrected chi connectivity index (χ4v) is 3.05. The molecule has 0 aliphatic carbocycles. The number of nitrogen functional groups attached to an aromatic ring is 1. The second-order valence-corrected chi connectivity index (χ2v) is 6.41. The molecular weight excluding hydrogens is 280 g/mol. The van der Waals surface area contributed by atoms with Gasteiger partial charge in [-0.3, -0.25) is 0 Å². The first-order valence-corrected chi connectivity index (χ1v) is 7.76. The van der Waals surface area contributed by atoms with E-state index in [2.05, 4.69) is 47.0 Å². The van der Waals surface area contributed by atoms with E-state index in [1.165, 1.54) is 5.39 Å². The number of hydrogen-bond donors (Lipinski definition) is 2. The van der Waals surface area contributed by atoms with Crippen LogP contribution in [0.3, 0.4) is 0 Å². The molecule has 5 heteroatoms. The van der Waals surface area contributed by atoms with Crippen LogP contribution >= 0.6 is 11.8 Å². The van der Waals surface area contributed by atoms with Crippen LogP contribution < -0.4 is 5.73 Å². The summed E-state index contributed by atoms with van der Waals surface area (Å²) in [5.74, 6) is 1.61. The van der Waals surface area contributed by atoms with Crippen molar-refractivity contribution in [3.05, 3.63) is 41.7 Å². The van der Waals surface area contributed by atoms with Gasteiger partial charge in [-0.15, -0.1) is 0 Å². The summed E-state index contributed by atoms with van der Waals surface area (Å²) < 4.78 is 0. The molecule has 0 atom stereocenters. The third kappa shape index (κ3) is 2.74. The number of H-pyrrole nitrogens is 1. The Labute approximate surface area is 128 Å². The van der Waals surface area contributed by atoms with E-state index in [0.29, 0.717) is 5.82 Å². The summed E-state index contributed by atoms with van der Waals surface area (Å²) in [6, 6.07) is 10.4. The van der Waals surface area contributed by atoms with Gasteiger partial charge >= 0.3 is 0 Å². The Morgan fingerprint density at radius 1 is 1.19 bits per heavy atom. The first-order chi connectivity index (χ1) is 10.0. The SMILES string of the molecule is Cc1c(N)nc(C(C)C)nc1Sc1cc2ccccc2[nH]1. The minimum atomic E-state index is 0.259. The highest BCUT2D eigenvalue weighted by atomic mass is 32.2. The number of benzene rings is 1. The topological polar surface area (TPSA) is 67.6 Å². The van der Waals surface area contributed by atoms with Gasteiger partial charge in [0, 0.05) is 22.4 Å². The fourth-order valence-electron chi connectivity index (χ4n) is 2.09. The second-order valence-electron chi connectivity index (χ2n) is 5.37. The quantitative estimate of drug-likeness (QED) is 0.714. The summed E-state index contributed by atoms with van der Waals surface area (Å²) >= 11 is 1.60. The van der Waals surface area contributed by atoms with Crippen molar-refractivity contribution in [3.63, 3.8) is 0 Å². The van der Waals surface area contributed by atoms with E-state index in [1.54, 1.807) is 11.8 Å². The van der Waals surface area contributed by atoms with Gasteiger partial charge in [-0.2, -0.15) is 0 Å². The lowest BCUT2D eigenvalue weighted by Crippen LogP contribution is -2.05. The van der Waals surface area contributed by atoms with Crippen molar-refractivity contribution in [2.24, 2.45) is 0 Å². The highest BCUT2D eigenvalue weighted by Gasteiger charge is 2.13. The number of nitrogens with zero attached hydrogens (tertiary/aromatic N) is 2. The standard InChI is InChI=1S/C16H18N4S/c1-9(2)15-19-14(17)10(3)16(20-15)21-13-8-11-6-4-5-7-12(11)18-13/h4-9,18H,1-3H3,(H2,17,19,20). The molecule has 0 radical (unpaired) electrons. The number of para-hydroxylation sites is 1. The zero-order valence-corrected chi connectivity index (χ0v) is 13.2. The molecule has 1 aromatic carbocycles. The molecule has 0 aliphatic rings. The Bertz CT molecular complexity index is 759. The van der Waals surface area contributed by atoms with E-state index >= 15 is 0 Å². The summed E-state index contributed by atoms with van der Waals surface area (Å²) in [6.07, 6.45) is 0. The third-order valence-corrected chi connectivity index (χ3v) is 4.42. The van der Waals surface area contributed by atoms with Crippen molar-refractivity contribution in [3.8, 4) is 0 Å². The summed E-state index contributed by atoms with van der Waals surface area (Å²) in [5, 5.41) is 3.17. The lowest BCUT2D eigenvalue weighted by atomic mass is 10.2. The minimum Gasteiger partial charge on any atom is -0.383 e. The van der Waals surface area contributed by atoms with Crippen molar-refractivity contribution < 1.29 is 0 Å². The van der Waals surface area contributed by atoms with Crippen molar-refractivity contribution in [2.75, 3.05) is 5.73 Å². The molecule has 0 unspecified atom stereocenters. The summed E-state index contributed by atoms with van der Waals surface area (Å²) in [7, 11) is 0. The molecule has 0 saturated heterocycles. The van der Waals surface area contributed by atoms with Gasteiger partial charge in [0.2, 0.25) is 0 Å². The van der Waals surface area contributed by atoms with E-state index in [4.69, 9.17) is 5.73 Å². The lowest BCUT2D eigenvalue weighted by Gasteiger charge is -2.10. The molecule has 0 amide bonds. The van der Waals surface area contributed by atoms with Crippen LogP contribution in [-0.2, 0) is 0 Å². The normalized spacial score (nSPS) is 11.4. The molecule has 3 aromatic rings. The second kappa shape index (κ2) is 5.41. The van der Waals surface area contributed by atoms with Gasteiger partial charge in [-0.25, -0.2) is 9.97 Å². The van der Waals surface area contributed by atoms with Gasteiger partial charge < -0.3 is 10.7 Å². The third-order valence-electron chi connectivity index (χ3n) is 3.38. The summed E-state index contributed by atoms with van der Waals surface area (Å²) in [6.45, 7) is 6.10. The number of hydrogen-bond acceptors (Lipinski definition) is 4. The van der Waals surface area contributed by atoms with E-state index in [0.717, 1.165) is 27.0 Å². The van der Waals surface area contributed by atoms with Gasteiger partial charge in [0.05, 0.1) is 5.03 Å². The number of nitrogens with one attached hydrogen (secondary N) is 1. The molecule has 0 fully saturated rings. The van der Waals surface area contributed by atoms with E-state index in [9.17, 15) is 0 Å². The van der Waals surface area contributed by atoms with Crippen LogP contribution in [0, 0.1) is 6.92 Å². The average molecular weight is 298 g/mol. The summed E-state index contributed by atoms with van der Waals surface area (Å²) in [5.41, 5.74) is 8.08. The predicted octanol–water partition coefficient (Wildman–Crippen LogP) is 4.12. The molecule has 3 rings (SSSR count). The molecule has 3 N–H and O–H groups in total. The molecule has 0 saturated carbocycles. The van der Waals surface area contributed by atoms with Crippen LogP contribution in [0.25, 0.3) is 10.9 Å². The van der Waals surface area contributed by atoms with Gasteiger partial charge in [-0.05, 0) is 19.1 Å². The molecule has 108 valence electrons. The van der Waals surface area contributed by atoms with Crippen molar-refractivity contribution in [1.82, 2.24) is 15.0 Å². The van der Waals surface area contributed by atoms with E-state index in [-0.39, 0.29) is 5.92 Å². The van der Waals surface area contributed by atoms with E-state index in [1.807, 2.05) is 19.1 Å². The van der Waals surface area contributed by atoms with Gasteiger partial charge in [0.15, 0.2) is 0 Å². The number of nitrogens with two attached hydrogens (primary N) is 1. The number of fused-ring (bicyclic) bond motifs is 1. The molecule has 21 heavy (non-hydrogen) atoms. The average Bonchev–Trinajstić information content (AvgIpc) is 2.85. The van der Waals surface area contributed by atoms with Crippen molar-refractivity contribution >= 4 is 28.5 Å². The van der Waals surface area contributed by atoms with Crippen LogP contribution in [0.2, 0.25) is 0 Å². The van der Waals surface area contributed by atoms with Crippen LogP contribution in [0.15, 0.2) is 40.4 Å². The number of rotatable bonds is 3. The molecule has 0 bridgehead atoms. The first-order valence-electron chi connectivity index (χ1n) is 6.94. The minimum absolute atomic E-state index is 0.259. The zero-order valence-electron chi connectivity index (χ0n) is 12.3. The smallest absolute Gasteiger partial charge is 0.134 e. The Kier molecular flexibility index (Phi) is 3.59. The molecular formula is C16H18N4S. The van der Waals surface area contributed by atoms with Crippen molar-refractivity contribution in [2.45, 2.75) is 36.7 Å². The Hall–Kier alpha value is -2.01. The maximum atomic E-state index is 6.01. The number of anilines is 1. The summed E-state index contributed by atoms with van der Waals surface area (Å²) in [4.78, 5) is 12.4. The van der Waals surface area contributed by atoms with Gasteiger partial charge in [-0.1, -0.05) is 43.8 Å². The maximum absolute atomic E-state index is 6.01. The van der Waals surface area contributed by atoms with Crippen LogP contribution in [0.4, 0.5) is 5.82 Å². The Morgan fingerprint density at radius 2 is 1.95 bits per heavy atom. The molecule has 0 spiro atoms. The monoisotopic (exact) mass is 298 g/mol. The molecule has 0 aliphatic heterocycles. The Morgan fingerprint density at radius 3 is 2.67 bits per heavy atom. The Balaban J connectivity index is 2.00. The van der Waals surface area contributed by atoms with Crippen LogP contribution in [-0.4, -0.2) is 15.0 Å². The first kappa shape index (κ1) is 13.9. The fraction of sp³-hybridized carbons (Fsp3) is 0.250. The van der Waals surface area contributed by atoms with E-state index < -0.39 is 0 Å². The van der Waals surface area contributed by atoms with Crippen LogP contribution in [0.1, 0.15) is 31.2 Å². The number of aromatic amines is 1. The molecule has 2 aromatic heterocycles. The highest BCUT2D eigenvalue weighted by Crippen LogP contribution is 2.32. The maximum Gasteiger partial charge on any atom is 0.134 e. The largest absolute Gasteiger partial charge is 0.383 e. The zero-order chi connectivity index (χ0) is 15.0. The lowest BCUT2D eigenvalue weighted by molar-refractivity contribution is 0.751. The highest BCUT2D eigenvalue weighted by molar-refractivity contribution is 7.99. The van der Waals surface area contributed by atoms with Crippen molar-refractivity contribution in [1.29, 1.82) is 0 Å². The van der Waals surface area contributed by atoms with Gasteiger partial charge in [0.1, 0.15) is 16.7 Å². The molecule has 4 nitrogen and oxygen atoms in total. The molecule has 2 heterocycles. The van der Waals surface area contributed by atoms with Gasteiger partial charge in [0.25, 0.3) is 0 Å². The predicted molar refractivity (Wildman–Crippen MR) is 87.7 cm³/mol. The number of aromatic nitrogens is 3.